The summed E-state index contributed by atoms with van der Waals surface area (Å²) in [7, 11) is -3.29. The zero-order valence-corrected chi connectivity index (χ0v) is 14.8. The number of aromatic nitrogens is 2. The van der Waals surface area contributed by atoms with E-state index in [4.69, 9.17) is 17.4 Å². The van der Waals surface area contributed by atoms with Crippen LogP contribution in [0.25, 0.3) is 22.4 Å². The quantitative estimate of drug-likeness (QED) is 0.408. The molecule has 0 aliphatic heterocycles. The second kappa shape index (κ2) is 6.47. The predicted molar refractivity (Wildman–Crippen MR) is 95.6 cm³/mol. The molecule has 3 rings (SSSR count). The van der Waals surface area contributed by atoms with Gasteiger partial charge in [-0.15, -0.1) is 0 Å². The number of carbonyl (C=O) groups excluding carboxylic acids is 1. The van der Waals surface area contributed by atoms with Crippen LogP contribution in [0.3, 0.4) is 0 Å². The van der Waals surface area contributed by atoms with Crippen molar-refractivity contribution in [1.29, 1.82) is 0 Å². The minimum atomic E-state index is -3.29. The fraction of sp³-hybridized carbons (Fsp3) is 0.125. The molecule has 9 heteroatoms. The molecule has 1 aromatic heterocycles. The summed E-state index contributed by atoms with van der Waals surface area (Å²) in [5, 5.41) is 0.527. The summed E-state index contributed by atoms with van der Waals surface area (Å²) in [6.07, 6.45) is 1.14. The average Bonchev–Trinajstić information content (AvgIpc) is 2.91. The summed E-state index contributed by atoms with van der Waals surface area (Å²) in [5.74, 6) is 5.32. The van der Waals surface area contributed by atoms with Gasteiger partial charge in [-0.05, 0) is 42.5 Å². The molecule has 1 amide bonds. The van der Waals surface area contributed by atoms with Crippen molar-refractivity contribution in [1.82, 2.24) is 15.0 Å². The SMILES string of the molecule is CS(=O)(=O)c1ccc(-c2nc3cc(Cl)ccc3n2CC(=O)NN)cc1. The number of hydrogen-bond donors (Lipinski definition) is 2. The van der Waals surface area contributed by atoms with Gasteiger partial charge in [0.25, 0.3) is 5.91 Å². The van der Waals surface area contributed by atoms with Crippen LogP contribution >= 0.6 is 11.6 Å². The van der Waals surface area contributed by atoms with E-state index < -0.39 is 9.84 Å². The lowest BCUT2D eigenvalue weighted by molar-refractivity contribution is -0.121. The number of halogens is 1. The van der Waals surface area contributed by atoms with Crippen LogP contribution in [0.2, 0.25) is 5.02 Å². The molecule has 0 fully saturated rings. The number of imidazole rings is 1. The van der Waals surface area contributed by atoms with Crippen LogP contribution in [0.5, 0.6) is 0 Å². The molecular formula is C16H15ClN4O3S. The van der Waals surface area contributed by atoms with E-state index in [0.717, 1.165) is 11.8 Å². The highest BCUT2D eigenvalue weighted by Crippen LogP contribution is 2.27. The second-order valence-electron chi connectivity index (χ2n) is 5.52. The zero-order valence-electron chi connectivity index (χ0n) is 13.2. The Labute approximate surface area is 149 Å². The van der Waals surface area contributed by atoms with Gasteiger partial charge in [0.05, 0.1) is 15.9 Å². The normalized spacial score (nSPS) is 11.6. The third kappa shape index (κ3) is 3.51. The van der Waals surface area contributed by atoms with Crippen LogP contribution in [-0.2, 0) is 21.2 Å². The molecule has 3 aromatic rings. The van der Waals surface area contributed by atoms with Crippen molar-refractivity contribution in [3.05, 3.63) is 47.5 Å². The summed E-state index contributed by atoms with van der Waals surface area (Å²) in [5.41, 5.74) is 4.11. The maximum atomic E-state index is 11.8. The number of nitrogens with two attached hydrogens (primary N) is 1. The Morgan fingerprint density at radius 3 is 2.52 bits per heavy atom. The summed E-state index contributed by atoms with van der Waals surface area (Å²) < 4.78 is 24.9. The van der Waals surface area contributed by atoms with Crippen molar-refractivity contribution in [3.63, 3.8) is 0 Å². The molecule has 1 heterocycles. The Morgan fingerprint density at radius 2 is 1.92 bits per heavy atom. The Bertz CT molecular complexity index is 1060. The molecule has 7 nitrogen and oxygen atoms in total. The van der Waals surface area contributed by atoms with Gasteiger partial charge in [0.2, 0.25) is 0 Å². The number of hydrogen-bond acceptors (Lipinski definition) is 5. The fourth-order valence-corrected chi connectivity index (χ4v) is 3.32. The number of fused-ring (bicyclic) bond motifs is 1. The van der Waals surface area contributed by atoms with E-state index in [1.54, 1.807) is 34.9 Å². The monoisotopic (exact) mass is 378 g/mol. The lowest BCUT2D eigenvalue weighted by Crippen LogP contribution is -2.33. The number of rotatable bonds is 4. The van der Waals surface area contributed by atoms with E-state index in [2.05, 4.69) is 10.4 Å². The number of hydrazine groups is 1. The first-order chi connectivity index (χ1) is 11.8. The molecule has 0 unspecified atom stereocenters. The fourth-order valence-electron chi connectivity index (χ4n) is 2.52. The number of nitrogens with zero attached hydrogens (tertiary/aromatic N) is 2. The Morgan fingerprint density at radius 1 is 1.24 bits per heavy atom. The van der Waals surface area contributed by atoms with Crippen molar-refractivity contribution in [2.24, 2.45) is 5.84 Å². The highest BCUT2D eigenvalue weighted by molar-refractivity contribution is 7.90. The first-order valence-corrected chi connectivity index (χ1v) is 9.52. The van der Waals surface area contributed by atoms with Gasteiger partial charge in [0.1, 0.15) is 12.4 Å². The molecule has 25 heavy (non-hydrogen) atoms. The van der Waals surface area contributed by atoms with Gasteiger partial charge in [-0.1, -0.05) is 11.6 Å². The summed E-state index contributed by atoms with van der Waals surface area (Å²) in [6, 6.07) is 11.5. The highest BCUT2D eigenvalue weighted by atomic mass is 35.5. The number of benzene rings is 2. The lowest BCUT2D eigenvalue weighted by atomic mass is 10.2. The zero-order chi connectivity index (χ0) is 18.2. The van der Waals surface area contributed by atoms with Crippen molar-refractivity contribution < 1.29 is 13.2 Å². The first kappa shape index (κ1) is 17.4. The molecular weight excluding hydrogens is 364 g/mol. The molecule has 2 aromatic carbocycles. The third-order valence-corrected chi connectivity index (χ3v) is 5.08. The molecule has 0 bridgehead atoms. The van der Waals surface area contributed by atoms with Crippen molar-refractivity contribution in [3.8, 4) is 11.4 Å². The first-order valence-electron chi connectivity index (χ1n) is 7.25. The topological polar surface area (TPSA) is 107 Å². The van der Waals surface area contributed by atoms with Crippen molar-refractivity contribution in [2.75, 3.05) is 6.26 Å². The maximum absolute atomic E-state index is 11.8. The van der Waals surface area contributed by atoms with Crippen LogP contribution in [0, 0.1) is 0 Å². The summed E-state index contributed by atoms with van der Waals surface area (Å²) in [4.78, 5) is 16.5. The Kier molecular flexibility index (Phi) is 4.51. The van der Waals surface area contributed by atoms with E-state index in [-0.39, 0.29) is 17.3 Å². The van der Waals surface area contributed by atoms with Gasteiger partial charge in [-0.2, -0.15) is 0 Å². The molecule has 0 radical (unpaired) electrons. The van der Waals surface area contributed by atoms with Gasteiger partial charge in [-0.25, -0.2) is 19.2 Å². The van der Waals surface area contributed by atoms with Crippen molar-refractivity contribution in [2.45, 2.75) is 11.4 Å². The molecule has 0 atom stereocenters. The summed E-state index contributed by atoms with van der Waals surface area (Å²) >= 11 is 6.02. The van der Waals surface area contributed by atoms with Gasteiger partial charge in [0, 0.05) is 16.8 Å². The van der Waals surface area contributed by atoms with Crippen LogP contribution in [-0.4, -0.2) is 30.1 Å². The average molecular weight is 379 g/mol. The van der Waals surface area contributed by atoms with E-state index in [9.17, 15) is 13.2 Å². The van der Waals surface area contributed by atoms with E-state index in [0.29, 0.717) is 21.9 Å². The lowest BCUT2D eigenvalue weighted by Gasteiger charge is -2.09. The molecule has 0 spiro atoms. The molecule has 0 aliphatic carbocycles. The third-order valence-electron chi connectivity index (χ3n) is 3.71. The van der Waals surface area contributed by atoms with E-state index >= 15 is 0 Å². The van der Waals surface area contributed by atoms with Crippen molar-refractivity contribution >= 4 is 38.4 Å². The molecule has 3 N–H and O–H groups in total. The minimum Gasteiger partial charge on any atom is -0.314 e. The highest BCUT2D eigenvalue weighted by Gasteiger charge is 2.16. The van der Waals surface area contributed by atoms with Gasteiger partial charge in [0.15, 0.2) is 9.84 Å². The molecule has 0 saturated carbocycles. The number of sulfone groups is 1. The Hall–Kier alpha value is -2.42. The van der Waals surface area contributed by atoms with Gasteiger partial charge < -0.3 is 4.57 Å². The van der Waals surface area contributed by atoms with Gasteiger partial charge in [-0.3, -0.25) is 10.2 Å². The molecule has 0 saturated heterocycles. The van der Waals surface area contributed by atoms with E-state index in [1.807, 2.05) is 0 Å². The van der Waals surface area contributed by atoms with Crippen LogP contribution in [0.1, 0.15) is 0 Å². The molecule has 0 aliphatic rings. The minimum absolute atomic E-state index is 0.0300. The number of amides is 1. The summed E-state index contributed by atoms with van der Waals surface area (Å²) in [6.45, 7) is -0.0300. The van der Waals surface area contributed by atoms with Crippen LogP contribution in [0.4, 0.5) is 0 Å². The number of nitrogens with one attached hydrogen (secondary N) is 1. The van der Waals surface area contributed by atoms with E-state index in [1.165, 1.54) is 12.1 Å². The second-order valence-corrected chi connectivity index (χ2v) is 7.97. The Balaban J connectivity index is 2.17. The van der Waals surface area contributed by atoms with Gasteiger partial charge >= 0.3 is 0 Å². The maximum Gasteiger partial charge on any atom is 0.253 e. The largest absolute Gasteiger partial charge is 0.314 e. The predicted octanol–water partition coefficient (Wildman–Crippen LogP) is 1.75. The van der Waals surface area contributed by atoms with Crippen LogP contribution in [0.15, 0.2) is 47.4 Å². The smallest absolute Gasteiger partial charge is 0.253 e. The number of carbonyl (C=O) groups is 1. The molecule has 130 valence electrons. The standard InChI is InChI=1S/C16H15ClN4O3S/c1-25(23,24)12-5-2-10(3-6-12)16-19-13-8-11(17)4-7-14(13)21(16)9-15(22)20-18/h2-8H,9,18H2,1H3,(H,20,22). The van der Waals surface area contributed by atoms with Crippen LogP contribution < -0.4 is 11.3 Å².